The summed E-state index contributed by atoms with van der Waals surface area (Å²) in [7, 11) is -7.83. The van der Waals surface area contributed by atoms with Crippen molar-refractivity contribution in [3.8, 4) is 0 Å². The van der Waals surface area contributed by atoms with Crippen LogP contribution in [0.25, 0.3) is 0 Å². The number of alkyl halides is 1. The number of rotatable bonds is 10. The van der Waals surface area contributed by atoms with Gasteiger partial charge in [-0.2, -0.15) is 12.7 Å². The van der Waals surface area contributed by atoms with Crippen molar-refractivity contribution in [2.75, 3.05) is 42.7 Å². The first-order valence-electron chi connectivity index (χ1n) is 10.3. The van der Waals surface area contributed by atoms with Crippen LogP contribution in [0, 0.1) is 17.0 Å². The normalized spacial score (nSPS) is 14.6. The van der Waals surface area contributed by atoms with Crippen molar-refractivity contribution in [3.05, 3.63) is 57.4 Å². The first-order chi connectivity index (χ1) is 15.9. The molecule has 186 valence electrons. The molecule has 1 aromatic heterocycles. The molecule has 3 rings (SSSR count). The van der Waals surface area contributed by atoms with Gasteiger partial charge in [0.2, 0.25) is 10.0 Å². The van der Waals surface area contributed by atoms with Crippen LogP contribution in [-0.2, 0) is 37.3 Å². The van der Waals surface area contributed by atoms with Gasteiger partial charge in [-0.05, 0) is 36.1 Å². The number of hydrogen-bond acceptors (Lipinski definition) is 9. The summed E-state index contributed by atoms with van der Waals surface area (Å²) in [5, 5.41) is 12.0. The number of nitrogens with zero attached hydrogens (tertiary/aromatic N) is 4. The SMILES string of the molecule is Cc1cc([N+](=O)[O-])cc(S(=O)(=O)N2CCc3ccncc3C2)c1N(CCBr)CCOS(C)(=O)=O. The van der Waals surface area contributed by atoms with Gasteiger partial charge in [0.15, 0.2) is 0 Å². The highest BCUT2D eigenvalue weighted by molar-refractivity contribution is 9.09. The van der Waals surface area contributed by atoms with E-state index in [2.05, 4.69) is 20.9 Å². The predicted octanol–water partition coefficient (Wildman–Crippen LogP) is 2.22. The van der Waals surface area contributed by atoms with E-state index in [1.54, 1.807) is 24.2 Å². The average Bonchev–Trinajstić information content (AvgIpc) is 2.76. The molecule has 11 nitrogen and oxygen atoms in total. The molecule has 0 bridgehead atoms. The summed E-state index contributed by atoms with van der Waals surface area (Å²) in [6.45, 7) is 2.09. The fourth-order valence-electron chi connectivity index (χ4n) is 3.87. The number of fused-ring (bicyclic) bond motifs is 1. The van der Waals surface area contributed by atoms with Crippen molar-refractivity contribution >= 4 is 47.4 Å². The number of non-ortho nitro benzene ring substituents is 1. The fourth-order valence-corrected chi connectivity index (χ4v) is 6.40. The van der Waals surface area contributed by atoms with Gasteiger partial charge in [0, 0.05) is 56.0 Å². The van der Waals surface area contributed by atoms with Gasteiger partial charge in [0.05, 0.1) is 23.5 Å². The van der Waals surface area contributed by atoms with Crippen LogP contribution in [0.2, 0.25) is 0 Å². The van der Waals surface area contributed by atoms with E-state index < -0.39 is 25.1 Å². The standard InChI is InChI=1S/C20H25BrN4O7S2/c1-15-11-18(25(26)27)12-19(20(15)23(8-5-21)9-10-32-33(2,28)29)34(30,31)24-7-4-16-3-6-22-13-17(16)14-24/h3,6,11-13H,4-5,7-10,14H2,1-2H3. The maximum atomic E-state index is 13.8. The molecule has 0 saturated heterocycles. The van der Waals surface area contributed by atoms with Crippen LogP contribution in [0.5, 0.6) is 0 Å². The minimum absolute atomic E-state index is 0.0621. The van der Waals surface area contributed by atoms with Crippen LogP contribution in [-0.4, -0.2) is 68.9 Å². The Morgan fingerprint density at radius 1 is 1.24 bits per heavy atom. The summed E-state index contributed by atoms with van der Waals surface area (Å²) >= 11 is 3.33. The Morgan fingerprint density at radius 3 is 2.62 bits per heavy atom. The van der Waals surface area contributed by atoms with Gasteiger partial charge >= 0.3 is 0 Å². The molecular formula is C20H25BrN4O7S2. The number of anilines is 1. The van der Waals surface area contributed by atoms with E-state index in [-0.39, 0.29) is 42.5 Å². The molecular weight excluding hydrogens is 552 g/mol. The van der Waals surface area contributed by atoms with Crippen LogP contribution in [0.3, 0.4) is 0 Å². The van der Waals surface area contributed by atoms with Gasteiger partial charge in [0.1, 0.15) is 4.90 Å². The summed E-state index contributed by atoms with van der Waals surface area (Å²) in [5.74, 6) is 0. The second kappa shape index (κ2) is 10.6. The lowest BCUT2D eigenvalue weighted by molar-refractivity contribution is -0.385. The van der Waals surface area contributed by atoms with Crippen LogP contribution in [0.1, 0.15) is 16.7 Å². The Kier molecular flexibility index (Phi) is 8.29. The second-order valence-corrected chi connectivity index (χ2v) is 12.1. The largest absolute Gasteiger partial charge is 0.367 e. The number of sulfonamides is 1. The van der Waals surface area contributed by atoms with E-state index in [0.29, 0.717) is 23.9 Å². The summed E-state index contributed by atoms with van der Waals surface area (Å²) in [5.41, 5.74) is 2.10. The lowest BCUT2D eigenvalue weighted by atomic mass is 10.0. The average molecular weight is 577 g/mol. The lowest BCUT2D eigenvalue weighted by Gasteiger charge is -2.32. The summed E-state index contributed by atoms with van der Waals surface area (Å²) in [6, 6.07) is 4.22. The maximum absolute atomic E-state index is 13.8. The molecule has 0 spiro atoms. The van der Waals surface area contributed by atoms with Gasteiger partial charge in [-0.1, -0.05) is 15.9 Å². The number of aryl methyl sites for hydroxylation is 1. The first kappa shape index (κ1) is 26.5. The molecule has 1 aliphatic heterocycles. The molecule has 0 fully saturated rings. The Bertz CT molecular complexity index is 1290. The minimum Gasteiger partial charge on any atom is -0.367 e. The molecule has 2 heterocycles. The highest BCUT2D eigenvalue weighted by Gasteiger charge is 2.34. The topological polar surface area (TPSA) is 140 Å². The van der Waals surface area contributed by atoms with Crippen molar-refractivity contribution in [2.24, 2.45) is 0 Å². The zero-order chi connectivity index (χ0) is 25.1. The van der Waals surface area contributed by atoms with E-state index >= 15 is 0 Å². The van der Waals surface area contributed by atoms with E-state index in [0.717, 1.165) is 23.4 Å². The van der Waals surface area contributed by atoms with Crippen molar-refractivity contribution in [1.29, 1.82) is 0 Å². The maximum Gasteiger partial charge on any atom is 0.271 e. The predicted molar refractivity (Wildman–Crippen MR) is 130 cm³/mol. The minimum atomic E-state index is -4.15. The monoisotopic (exact) mass is 576 g/mol. The zero-order valence-corrected chi connectivity index (χ0v) is 21.9. The number of hydrogen-bond donors (Lipinski definition) is 0. The molecule has 34 heavy (non-hydrogen) atoms. The Balaban J connectivity index is 2.08. The molecule has 1 aromatic carbocycles. The number of benzene rings is 1. The zero-order valence-electron chi connectivity index (χ0n) is 18.7. The van der Waals surface area contributed by atoms with Gasteiger partial charge < -0.3 is 4.90 Å². The van der Waals surface area contributed by atoms with Gasteiger partial charge in [-0.25, -0.2) is 8.42 Å². The first-order valence-corrected chi connectivity index (χ1v) is 14.7. The molecule has 0 N–H and O–H groups in total. The van der Waals surface area contributed by atoms with Crippen LogP contribution < -0.4 is 4.90 Å². The summed E-state index contributed by atoms with van der Waals surface area (Å²) < 4.78 is 56.5. The molecule has 0 atom stereocenters. The molecule has 1 aliphatic rings. The molecule has 0 amide bonds. The Morgan fingerprint density at radius 2 is 1.97 bits per heavy atom. The Hall–Kier alpha value is -2.13. The summed E-state index contributed by atoms with van der Waals surface area (Å²) in [4.78, 5) is 16.4. The third-order valence-electron chi connectivity index (χ3n) is 5.39. The third-order valence-corrected chi connectivity index (χ3v) is 8.20. The van der Waals surface area contributed by atoms with E-state index in [9.17, 15) is 26.9 Å². The van der Waals surface area contributed by atoms with Crippen LogP contribution >= 0.6 is 15.9 Å². The van der Waals surface area contributed by atoms with E-state index in [4.69, 9.17) is 4.18 Å². The third kappa shape index (κ3) is 6.10. The van der Waals surface area contributed by atoms with Crippen molar-refractivity contribution < 1.29 is 25.9 Å². The van der Waals surface area contributed by atoms with Crippen LogP contribution in [0.15, 0.2) is 35.5 Å². The summed E-state index contributed by atoms with van der Waals surface area (Å²) in [6.07, 6.45) is 4.70. The number of nitro benzene ring substituents is 1. The fraction of sp³-hybridized carbons (Fsp3) is 0.450. The van der Waals surface area contributed by atoms with Crippen molar-refractivity contribution in [1.82, 2.24) is 9.29 Å². The van der Waals surface area contributed by atoms with E-state index in [1.807, 2.05) is 6.07 Å². The number of nitro groups is 1. The second-order valence-electron chi connectivity index (χ2n) is 7.80. The molecule has 0 saturated carbocycles. The van der Waals surface area contributed by atoms with E-state index in [1.165, 1.54) is 10.4 Å². The van der Waals surface area contributed by atoms with Gasteiger partial charge in [-0.3, -0.25) is 19.3 Å². The molecule has 0 radical (unpaired) electrons. The number of pyridine rings is 1. The molecule has 0 aliphatic carbocycles. The van der Waals surface area contributed by atoms with Gasteiger partial charge in [-0.15, -0.1) is 0 Å². The van der Waals surface area contributed by atoms with Crippen molar-refractivity contribution in [3.63, 3.8) is 0 Å². The number of halogens is 1. The molecule has 2 aromatic rings. The quantitative estimate of drug-likeness (QED) is 0.180. The number of aromatic nitrogens is 1. The lowest BCUT2D eigenvalue weighted by Crippen LogP contribution is -2.38. The highest BCUT2D eigenvalue weighted by atomic mass is 79.9. The highest BCUT2D eigenvalue weighted by Crippen LogP contribution is 2.36. The van der Waals surface area contributed by atoms with Gasteiger partial charge in [0.25, 0.3) is 15.8 Å². The molecule has 14 heteroatoms. The molecule has 0 unspecified atom stereocenters. The van der Waals surface area contributed by atoms with Crippen LogP contribution in [0.4, 0.5) is 11.4 Å². The van der Waals surface area contributed by atoms with Crippen molar-refractivity contribution in [2.45, 2.75) is 24.8 Å². The smallest absolute Gasteiger partial charge is 0.271 e. The Labute approximate surface area is 207 Å².